The number of carbonyl (C=O) groups excluding carboxylic acids is 1. The zero-order chi connectivity index (χ0) is 18.8. The quantitative estimate of drug-likeness (QED) is 0.748. The van der Waals surface area contributed by atoms with Crippen LogP contribution in [0.3, 0.4) is 0 Å². The highest BCUT2D eigenvalue weighted by molar-refractivity contribution is 5.92. The number of carbonyl (C=O) groups is 1. The Labute approximate surface area is 157 Å². The van der Waals surface area contributed by atoms with Crippen molar-refractivity contribution in [3.8, 4) is 11.7 Å². The summed E-state index contributed by atoms with van der Waals surface area (Å²) in [6.45, 7) is 2.43. The molecule has 0 spiro atoms. The maximum absolute atomic E-state index is 12.7. The Kier molecular flexibility index (Phi) is 4.62. The minimum Gasteiger partial charge on any atom is -0.478 e. The average Bonchev–Trinajstić information content (AvgIpc) is 3.28. The molecular weight excluding hydrogens is 344 g/mol. The van der Waals surface area contributed by atoms with Crippen molar-refractivity contribution in [1.82, 2.24) is 29.9 Å². The number of nitrogens with one attached hydrogen (secondary N) is 1. The molecule has 3 aromatic heterocycles. The number of aryl methyl sites for hydroxylation is 1. The Morgan fingerprint density at radius 2 is 2.30 bits per heavy atom. The van der Waals surface area contributed by atoms with Crippen LogP contribution < -0.4 is 10.1 Å². The van der Waals surface area contributed by atoms with E-state index in [2.05, 4.69) is 20.5 Å². The second-order valence-corrected chi connectivity index (χ2v) is 6.49. The first kappa shape index (κ1) is 17.3. The molecule has 140 valence electrons. The molecule has 0 bridgehead atoms. The standard InChI is InChI=1S/C19H22N6O2/c1-3-27-18-11-15(23-24(18)2)19(26)22-14-7-6-8-16-13(14)12-21-25(16)17-9-4-5-10-20-17/h4-5,9-12,14H,3,6-8H2,1-2H3,(H,22,26). The Morgan fingerprint density at radius 1 is 1.41 bits per heavy atom. The van der Waals surface area contributed by atoms with Gasteiger partial charge in [-0.1, -0.05) is 6.07 Å². The maximum Gasteiger partial charge on any atom is 0.272 e. The molecule has 0 aliphatic heterocycles. The highest BCUT2D eigenvalue weighted by Gasteiger charge is 2.27. The van der Waals surface area contributed by atoms with E-state index < -0.39 is 0 Å². The number of hydrogen-bond acceptors (Lipinski definition) is 5. The smallest absolute Gasteiger partial charge is 0.272 e. The first-order valence-electron chi connectivity index (χ1n) is 9.13. The maximum atomic E-state index is 12.7. The number of fused-ring (bicyclic) bond motifs is 1. The third kappa shape index (κ3) is 3.30. The van der Waals surface area contributed by atoms with Crippen LogP contribution in [0.2, 0.25) is 0 Å². The van der Waals surface area contributed by atoms with Gasteiger partial charge in [0.1, 0.15) is 0 Å². The van der Waals surface area contributed by atoms with Gasteiger partial charge in [-0.05, 0) is 38.3 Å². The predicted octanol–water partition coefficient (Wildman–Crippen LogP) is 2.21. The van der Waals surface area contributed by atoms with Gasteiger partial charge in [-0.25, -0.2) is 14.3 Å². The molecule has 8 nitrogen and oxygen atoms in total. The van der Waals surface area contributed by atoms with Crippen molar-refractivity contribution in [2.24, 2.45) is 7.05 Å². The summed E-state index contributed by atoms with van der Waals surface area (Å²) in [6.07, 6.45) is 6.34. The van der Waals surface area contributed by atoms with E-state index in [0.717, 1.165) is 36.3 Å². The van der Waals surface area contributed by atoms with E-state index in [-0.39, 0.29) is 11.9 Å². The van der Waals surface area contributed by atoms with Crippen LogP contribution in [0, 0.1) is 0 Å². The van der Waals surface area contributed by atoms with Gasteiger partial charge >= 0.3 is 0 Å². The molecule has 8 heteroatoms. The average molecular weight is 366 g/mol. The fourth-order valence-corrected chi connectivity index (χ4v) is 3.46. The minimum atomic E-state index is -0.208. The lowest BCUT2D eigenvalue weighted by Crippen LogP contribution is -2.31. The summed E-state index contributed by atoms with van der Waals surface area (Å²) in [5.41, 5.74) is 2.49. The second-order valence-electron chi connectivity index (χ2n) is 6.49. The lowest BCUT2D eigenvalue weighted by molar-refractivity contribution is 0.0927. The second kappa shape index (κ2) is 7.22. The molecule has 1 aliphatic carbocycles. The van der Waals surface area contributed by atoms with E-state index >= 15 is 0 Å². The lowest BCUT2D eigenvalue weighted by Gasteiger charge is -2.23. The molecule has 1 unspecified atom stereocenters. The molecule has 4 rings (SSSR count). The molecule has 1 atom stereocenters. The molecule has 27 heavy (non-hydrogen) atoms. The van der Waals surface area contributed by atoms with E-state index in [1.807, 2.05) is 36.0 Å². The van der Waals surface area contributed by atoms with Crippen LogP contribution in [0.4, 0.5) is 0 Å². The van der Waals surface area contributed by atoms with Gasteiger partial charge in [0.2, 0.25) is 5.88 Å². The Balaban J connectivity index is 1.56. The van der Waals surface area contributed by atoms with E-state index in [1.54, 1.807) is 24.0 Å². The van der Waals surface area contributed by atoms with Crippen molar-refractivity contribution < 1.29 is 9.53 Å². The molecule has 0 saturated carbocycles. The van der Waals surface area contributed by atoms with Crippen LogP contribution in [0.1, 0.15) is 47.6 Å². The number of ether oxygens (including phenoxy) is 1. The van der Waals surface area contributed by atoms with Crippen LogP contribution in [-0.4, -0.2) is 37.1 Å². The first-order chi connectivity index (χ1) is 13.2. The molecule has 3 heterocycles. The molecule has 1 aliphatic rings. The van der Waals surface area contributed by atoms with Gasteiger partial charge in [-0.15, -0.1) is 0 Å². The van der Waals surface area contributed by atoms with Crippen LogP contribution >= 0.6 is 0 Å². The highest BCUT2D eigenvalue weighted by Crippen LogP contribution is 2.31. The Morgan fingerprint density at radius 3 is 3.07 bits per heavy atom. The third-order valence-corrected chi connectivity index (χ3v) is 4.72. The number of pyridine rings is 1. The summed E-state index contributed by atoms with van der Waals surface area (Å²) in [6, 6.07) is 7.33. The normalized spacial score (nSPS) is 16.0. The molecule has 0 saturated heterocycles. The summed E-state index contributed by atoms with van der Waals surface area (Å²) in [5, 5.41) is 11.9. The topological polar surface area (TPSA) is 86.9 Å². The molecule has 0 fully saturated rings. The van der Waals surface area contributed by atoms with Crippen molar-refractivity contribution in [3.05, 3.63) is 53.6 Å². The number of rotatable bonds is 5. The van der Waals surface area contributed by atoms with E-state index in [1.165, 1.54) is 0 Å². The Bertz CT molecular complexity index is 947. The summed E-state index contributed by atoms with van der Waals surface area (Å²) in [7, 11) is 1.76. The van der Waals surface area contributed by atoms with Crippen LogP contribution in [0.5, 0.6) is 5.88 Å². The van der Waals surface area contributed by atoms with Crippen molar-refractivity contribution in [2.75, 3.05) is 6.61 Å². The number of amides is 1. The van der Waals surface area contributed by atoms with Crippen LogP contribution in [-0.2, 0) is 13.5 Å². The number of aromatic nitrogens is 5. The minimum absolute atomic E-state index is 0.0868. The lowest BCUT2D eigenvalue weighted by atomic mass is 9.93. The van der Waals surface area contributed by atoms with Crippen molar-refractivity contribution in [3.63, 3.8) is 0 Å². The SMILES string of the molecule is CCOc1cc(C(=O)NC2CCCc3c2cnn3-c2ccccn2)nn1C. The fourth-order valence-electron chi connectivity index (χ4n) is 3.46. The molecule has 1 N–H and O–H groups in total. The number of hydrogen-bond donors (Lipinski definition) is 1. The zero-order valence-electron chi connectivity index (χ0n) is 15.4. The van der Waals surface area contributed by atoms with Gasteiger partial charge in [-0.2, -0.15) is 10.2 Å². The van der Waals surface area contributed by atoms with E-state index in [4.69, 9.17) is 4.74 Å². The van der Waals surface area contributed by atoms with Gasteiger partial charge in [0.05, 0.1) is 24.5 Å². The van der Waals surface area contributed by atoms with Gasteiger partial charge in [-0.3, -0.25) is 4.79 Å². The van der Waals surface area contributed by atoms with Crippen molar-refractivity contribution in [2.45, 2.75) is 32.2 Å². The van der Waals surface area contributed by atoms with E-state index in [9.17, 15) is 4.79 Å². The summed E-state index contributed by atoms with van der Waals surface area (Å²) >= 11 is 0. The first-order valence-corrected chi connectivity index (χ1v) is 9.13. The third-order valence-electron chi connectivity index (χ3n) is 4.72. The van der Waals surface area contributed by atoms with Crippen molar-refractivity contribution in [1.29, 1.82) is 0 Å². The molecule has 3 aromatic rings. The van der Waals surface area contributed by atoms with E-state index in [0.29, 0.717) is 18.2 Å². The van der Waals surface area contributed by atoms with Gasteiger partial charge in [0.15, 0.2) is 11.5 Å². The molecule has 1 amide bonds. The van der Waals surface area contributed by atoms with Gasteiger partial charge < -0.3 is 10.1 Å². The highest BCUT2D eigenvalue weighted by atomic mass is 16.5. The zero-order valence-corrected chi connectivity index (χ0v) is 15.4. The molecular formula is C19H22N6O2. The summed E-state index contributed by atoms with van der Waals surface area (Å²) in [4.78, 5) is 17.1. The summed E-state index contributed by atoms with van der Waals surface area (Å²) in [5.74, 6) is 1.16. The largest absolute Gasteiger partial charge is 0.478 e. The van der Waals surface area contributed by atoms with Gasteiger partial charge in [0, 0.05) is 24.9 Å². The monoisotopic (exact) mass is 366 g/mol. The number of nitrogens with zero attached hydrogens (tertiary/aromatic N) is 5. The predicted molar refractivity (Wildman–Crippen MR) is 98.9 cm³/mol. The van der Waals surface area contributed by atoms with Crippen LogP contribution in [0.15, 0.2) is 36.7 Å². The summed E-state index contributed by atoms with van der Waals surface area (Å²) < 4.78 is 8.90. The van der Waals surface area contributed by atoms with Crippen LogP contribution in [0.25, 0.3) is 5.82 Å². The molecule has 0 aromatic carbocycles. The van der Waals surface area contributed by atoms with Gasteiger partial charge in [0.25, 0.3) is 5.91 Å². The van der Waals surface area contributed by atoms with Crippen molar-refractivity contribution >= 4 is 5.91 Å². The molecule has 0 radical (unpaired) electrons. The Hall–Kier alpha value is -3.16. The fraction of sp³-hybridized carbons (Fsp3) is 0.368.